The van der Waals surface area contributed by atoms with Gasteiger partial charge in [0.15, 0.2) is 0 Å². The maximum atomic E-state index is 12.1. The third kappa shape index (κ3) is 2.45. The summed E-state index contributed by atoms with van der Waals surface area (Å²) in [6.07, 6.45) is 2.57. The topological polar surface area (TPSA) is 37.4 Å². The molecule has 1 aliphatic rings. The Balaban J connectivity index is 2.24. The van der Waals surface area contributed by atoms with E-state index in [1.807, 2.05) is 31.4 Å². The molecule has 2 amide bonds. The van der Waals surface area contributed by atoms with Crippen LogP contribution in [-0.2, 0) is 4.79 Å². The SMILES string of the molecule is CC[C@@H](C)N1C(=O)S/C(=C/c2cccs2)C1=O. The van der Waals surface area contributed by atoms with Crippen LogP contribution in [0.25, 0.3) is 6.08 Å². The average Bonchev–Trinajstić information content (AvgIpc) is 2.89. The maximum Gasteiger partial charge on any atom is 0.293 e. The zero-order valence-electron chi connectivity index (χ0n) is 9.67. The number of carbonyl (C=O) groups excluding carboxylic acids is 2. The van der Waals surface area contributed by atoms with Crippen molar-refractivity contribution >= 4 is 40.3 Å². The van der Waals surface area contributed by atoms with E-state index in [9.17, 15) is 9.59 Å². The van der Waals surface area contributed by atoms with E-state index in [-0.39, 0.29) is 17.2 Å². The molecule has 0 saturated carbocycles. The highest BCUT2D eigenvalue weighted by atomic mass is 32.2. The van der Waals surface area contributed by atoms with E-state index in [0.29, 0.717) is 4.91 Å². The highest BCUT2D eigenvalue weighted by molar-refractivity contribution is 8.18. The number of carbonyl (C=O) groups is 2. The summed E-state index contributed by atoms with van der Waals surface area (Å²) >= 11 is 2.59. The van der Waals surface area contributed by atoms with Gasteiger partial charge in [0.2, 0.25) is 0 Å². The number of thiophene rings is 1. The van der Waals surface area contributed by atoms with Gasteiger partial charge in [0.1, 0.15) is 0 Å². The van der Waals surface area contributed by atoms with Gasteiger partial charge in [-0.3, -0.25) is 14.5 Å². The van der Waals surface area contributed by atoms with Gasteiger partial charge in [0, 0.05) is 10.9 Å². The summed E-state index contributed by atoms with van der Waals surface area (Å²) < 4.78 is 0. The summed E-state index contributed by atoms with van der Waals surface area (Å²) in [7, 11) is 0. The fraction of sp³-hybridized carbons (Fsp3) is 0.333. The summed E-state index contributed by atoms with van der Waals surface area (Å²) in [4.78, 5) is 26.7. The molecule has 3 nitrogen and oxygen atoms in total. The van der Waals surface area contributed by atoms with Crippen LogP contribution in [0.4, 0.5) is 4.79 Å². The molecule has 1 aromatic heterocycles. The normalized spacial score (nSPS) is 20.4. The molecule has 1 aromatic rings. The van der Waals surface area contributed by atoms with Crippen LogP contribution >= 0.6 is 23.1 Å². The number of rotatable bonds is 3. The standard InChI is InChI=1S/C12H13NO2S2/c1-3-8(2)13-11(14)10(17-12(13)15)7-9-5-4-6-16-9/h4-8H,3H2,1-2H3/b10-7+/t8-/m1/s1. The third-order valence-corrected chi connectivity index (χ3v) is 4.37. The van der Waals surface area contributed by atoms with Gasteiger partial charge in [-0.15, -0.1) is 11.3 Å². The van der Waals surface area contributed by atoms with E-state index in [1.165, 1.54) is 4.90 Å². The van der Waals surface area contributed by atoms with Crippen LogP contribution in [0.2, 0.25) is 0 Å². The first-order valence-corrected chi connectivity index (χ1v) is 7.13. The van der Waals surface area contributed by atoms with Gasteiger partial charge in [0.25, 0.3) is 11.1 Å². The molecule has 1 aliphatic heterocycles. The minimum Gasteiger partial charge on any atom is -0.268 e. The highest BCUT2D eigenvalue weighted by Crippen LogP contribution is 2.34. The van der Waals surface area contributed by atoms with Crippen LogP contribution in [0.1, 0.15) is 25.1 Å². The average molecular weight is 267 g/mol. The molecule has 0 bridgehead atoms. The van der Waals surface area contributed by atoms with Crippen LogP contribution in [-0.4, -0.2) is 22.1 Å². The first-order chi connectivity index (χ1) is 8.13. The second-order valence-electron chi connectivity index (χ2n) is 3.82. The van der Waals surface area contributed by atoms with Crippen molar-refractivity contribution in [3.63, 3.8) is 0 Å². The van der Waals surface area contributed by atoms with E-state index in [4.69, 9.17) is 0 Å². The number of hydrogen-bond acceptors (Lipinski definition) is 4. The minimum atomic E-state index is -0.164. The molecule has 17 heavy (non-hydrogen) atoms. The van der Waals surface area contributed by atoms with E-state index in [1.54, 1.807) is 17.4 Å². The Kier molecular flexibility index (Phi) is 3.69. The molecule has 2 heterocycles. The van der Waals surface area contributed by atoms with E-state index in [2.05, 4.69) is 0 Å². The molecule has 5 heteroatoms. The number of hydrogen-bond donors (Lipinski definition) is 0. The van der Waals surface area contributed by atoms with E-state index in [0.717, 1.165) is 23.1 Å². The van der Waals surface area contributed by atoms with Crippen molar-refractivity contribution in [1.82, 2.24) is 4.90 Å². The lowest BCUT2D eigenvalue weighted by atomic mass is 10.2. The van der Waals surface area contributed by atoms with Crippen LogP contribution in [0.5, 0.6) is 0 Å². The summed E-state index contributed by atoms with van der Waals surface area (Å²) in [5.41, 5.74) is 0. The van der Waals surface area contributed by atoms with Crippen molar-refractivity contribution in [2.75, 3.05) is 0 Å². The molecule has 1 atom stereocenters. The lowest BCUT2D eigenvalue weighted by Gasteiger charge is -2.19. The third-order valence-electron chi connectivity index (χ3n) is 2.67. The van der Waals surface area contributed by atoms with Crippen molar-refractivity contribution < 1.29 is 9.59 Å². The maximum absolute atomic E-state index is 12.1. The van der Waals surface area contributed by atoms with Crippen LogP contribution in [0.3, 0.4) is 0 Å². The molecule has 0 radical (unpaired) electrons. The molecule has 0 N–H and O–H groups in total. The monoisotopic (exact) mass is 267 g/mol. The Morgan fingerprint density at radius 3 is 2.82 bits per heavy atom. The quantitative estimate of drug-likeness (QED) is 0.785. The Morgan fingerprint density at radius 2 is 2.24 bits per heavy atom. The molecule has 0 unspecified atom stereocenters. The second-order valence-corrected chi connectivity index (χ2v) is 5.80. The van der Waals surface area contributed by atoms with Gasteiger partial charge in [-0.05, 0) is 42.6 Å². The lowest BCUT2D eigenvalue weighted by molar-refractivity contribution is -0.124. The number of thioether (sulfide) groups is 1. The van der Waals surface area contributed by atoms with Gasteiger partial charge in [0.05, 0.1) is 4.91 Å². The Labute approximate surface area is 109 Å². The highest BCUT2D eigenvalue weighted by Gasteiger charge is 2.37. The predicted molar refractivity (Wildman–Crippen MR) is 71.9 cm³/mol. The lowest BCUT2D eigenvalue weighted by Crippen LogP contribution is -2.36. The Bertz CT molecular complexity index is 465. The minimum absolute atomic E-state index is 0.0308. The number of nitrogens with zero attached hydrogens (tertiary/aromatic N) is 1. The first kappa shape index (κ1) is 12.4. The van der Waals surface area contributed by atoms with Crippen molar-refractivity contribution in [3.8, 4) is 0 Å². The Hall–Kier alpha value is -1.07. The van der Waals surface area contributed by atoms with Gasteiger partial charge < -0.3 is 0 Å². The molecule has 0 aliphatic carbocycles. The van der Waals surface area contributed by atoms with E-state index < -0.39 is 0 Å². The summed E-state index contributed by atoms with van der Waals surface area (Å²) in [6, 6.07) is 3.83. The summed E-state index contributed by atoms with van der Waals surface area (Å²) in [5.74, 6) is -0.164. The zero-order chi connectivity index (χ0) is 12.4. The fourth-order valence-electron chi connectivity index (χ4n) is 1.55. The summed E-state index contributed by atoms with van der Waals surface area (Å²) in [5, 5.41) is 1.79. The summed E-state index contributed by atoms with van der Waals surface area (Å²) in [6.45, 7) is 3.86. The van der Waals surface area contributed by atoms with Gasteiger partial charge in [-0.2, -0.15) is 0 Å². The molecule has 1 saturated heterocycles. The molecule has 90 valence electrons. The van der Waals surface area contributed by atoms with Crippen molar-refractivity contribution in [2.24, 2.45) is 0 Å². The molecular formula is C12H13NO2S2. The molecule has 0 aromatic carbocycles. The molecule has 2 rings (SSSR count). The van der Waals surface area contributed by atoms with E-state index >= 15 is 0 Å². The van der Waals surface area contributed by atoms with Gasteiger partial charge >= 0.3 is 0 Å². The molecule has 1 fully saturated rings. The predicted octanol–water partition coefficient (Wildman–Crippen LogP) is 3.58. The van der Waals surface area contributed by atoms with Gasteiger partial charge in [-0.25, -0.2) is 0 Å². The Morgan fingerprint density at radius 1 is 1.47 bits per heavy atom. The van der Waals surface area contributed by atoms with Crippen LogP contribution in [0.15, 0.2) is 22.4 Å². The zero-order valence-corrected chi connectivity index (χ0v) is 11.3. The smallest absolute Gasteiger partial charge is 0.268 e. The fourth-order valence-corrected chi connectivity index (χ4v) is 3.20. The first-order valence-electron chi connectivity index (χ1n) is 5.44. The van der Waals surface area contributed by atoms with Crippen molar-refractivity contribution in [3.05, 3.63) is 27.3 Å². The molecule has 0 spiro atoms. The van der Waals surface area contributed by atoms with Crippen LogP contribution in [0, 0.1) is 0 Å². The second kappa shape index (κ2) is 5.06. The molecular weight excluding hydrogens is 254 g/mol. The van der Waals surface area contributed by atoms with Crippen LogP contribution < -0.4 is 0 Å². The van der Waals surface area contributed by atoms with Crippen molar-refractivity contribution in [2.45, 2.75) is 26.3 Å². The van der Waals surface area contributed by atoms with Crippen molar-refractivity contribution in [1.29, 1.82) is 0 Å². The van der Waals surface area contributed by atoms with Gasteiger partial charge in [-0.1, -0.05) is 13.0 Å². The number of amides is 2. The number of imide groups is 1. The largest absolute Gasteiger partial charge is 0.293 e.